The SMILES string of the molecule is Cc1ccccc1CC(=O)N1CCCC1C(N)=S. The first-order valence-electron chi connectivity index (χ1n) is 6.23. The van der Waals surface area contributed by atoms with Crippen molar-refractivity contribution < 1.29 is 4.79 Å². The van der Waals surface area contributed by atoms with Gasteiger partial charge in [0.15, 0.2) is 0 Å². The van der Waals surface area contributed by atoms with Crippen LogP contribution in [0.5, 0.6) is 0 Å². The second-order valence-electron chi connectivity index (χ2n) is 4.75. The Labute approximate surface area is 113 Å². The van der Waals surface area contributed by atoms with Crippen molar-refractivity contribution in [2.45, 2.75) is 32.2 Å². The maximum Gasteiger partial charge on any atom is 0.227 e. The zero-order valence-corrected chi connectivity index (χ0v) is 11.4. The zero-order chi connectivity index (χ0) is 13.1. The third kappa shape index (κ3) is 2.70. The fourth-order valence-electron chi connectivity index (χ4n) is 2.43. The van der Waals surface area contributed by atoms with Crippen molar-refractivity contribution in [2.75, 3.05) is 6.54 Å². The van der Waals surface area contributed by atoms with Gasteiger partial charge in [-0.25, -0.2) is 0 Å². The van der Waals surface area contributed by atoms with Crippen molar-refractivity contribution in [3.63, 3.8) is 0 Å². The molecule has 0 spiro atoms. The maximum absolute atomic E-state index is 12.3. The number of likely N-dealkylation sites (tertiary alicyclic amines) is 1. The summed E-state index contributed by atoms with van der Waals surface area (Å²) in [7, 11) is 0. The number of carbonyl (C=O) groups excluding carboxylic acids is 1. The van der Waals surface area contributed by atoms with E-state index in [1.807, 2.05) is 36.1 Å². The second-order valence-corrected chi connectivity index (χ2v) is 5.22. The molecule has 1 heterocycles. The van der Waals surface area contributed by atoms with E-state index in [1.54, 1.807) is 0 Å². The van der Waals surface area contributed by atoms with Crippen molar-refractivity contribution in [3.8, 4) is 0 Å². The fourth-order valence-corrected chi connectivity index (χ4v) is 2.68. The average Bonchev–Trinajstić information content (AvgIpc) is 2.81. The third-order valence-electron chi connectivity index (χ3n) is 3.50. The summed E-state index contributed by atoms with van der Waals surface area (Å²) >= 11 is 5.03. The van der Waals surface area contributed by atoms with Crippen LogP contribution >= 0.6 is 12.2 Å². The van der Waals surface area contributed by atoms with Gasteiger partial charge in [-0.2, -0.15) is 0 Å². The number of rotatable bonds is 3. The van der Waals surface area contributed by atoms with E-state index in [4.69, 9.17) is 18.0 Å². The van der Waals surface area contributed by atoms with Gasteiger partial charge in [-0.05, 0) is 30.9 Å². The summed E-state index contributed by atoms with van der Waals surface area (Å²) < 4.78 is 0. The van der Waals surface area contributed by atoms with Crippen LogP contribution in [0.25, 0.3) is 0 Å². The van der Waals surface area contributed by atoms with Gasteiger partial charge in [0.05, 0.1) is 17.5 Å². The Morgan fingerprint density at radius 2 is 2.22 bits per heavy atom. The van der Waals surface area contributed by atoms with Gasteiger partial charge in [0.1, 0.15) is 0 Å². The predicted octanol–water partition coefficient (Wildman–Crippen LogP) is 1.81. The molecule has 1 aliphatic heterocycles. The molecule has 2 rings (SSSR count). The van der Waals surface area contributed by atoms with Crippen LogP contribution < -0.4 is 5.73 Å². The van der Waals surface area contributed by atoms with Crippen LogP contribution in [0.15, 0.2) is 24.3 Å². The van der Waals surface area contributed by atoms with Gasteiger partial charge in [-0.1, -0.05) is 36.5 Å². The molecule has 3 nitrogen and oxygen atoms in total. The molecular formula is C14H18N2OS. The highest BCUT2D eigenvalue weighted by atomic mass is 32.1. The molecule has 1 aromatic rings. The van der Waals surface area contributed by atoms with Crippen molar-refractivity contribution >= 4 is 23.1 Å². The summed E-state index contributed by atoms with van der Waals surface area (Å²) in [5, 5.41) is 0. The quantitative estimate of drug-likeness (QED) is 0.845. The lowest BCUT2D eigenvalue weighted by atomic mass is 10.1. The van der Waals surface area contributed by atoms with Gasteiger partial charge in [0, 0.05) is 6.54 Å². The Kier molecular flexibility index (Phi) is 3.97. The Morgan fingerprint density at radius 3 is 2.89 bits per heavy atom. The van der Waals surface area contributed by atoms with E-state index < -0.39 is 0 Å². The van der Waals surface area contributed by atoms with Crippen LogP contribution in [-0.2, 0) is 11.2 Å². The summed E-state index contributed by atoms with van der Waals surface area (Å²) in [5.41, 5.74) is 7.92. The molecule has 96 valence electrons. The molecule has 4 heteroatoms. The Balaban J connectivity index is 2.08. The van der Waals surface area contributed by atoms with Crippen LogP contribution in [0.4, 0.5) is 0 Å². The van der Waals surface area contributed by atoms with Crippen molar-refractivity contribution in [1.29, 1.82) is 0 Å². The molecular weight excluding hydrogens is 244 g/mol. The number of amides is 1. The average molecular weight is 262 g/mol. The summed E-state index contributed by atoms with van der Waals surface area (Å²) in [4.78, 5) is 14.6. The minimum absolute atomic E-state index is 0.0449. The third-order valence-corrected chi connectivity index (χ3v) is 3.78. The van der Waals surface area contributed by atoms with E-state index >= 15 is 0 Å². The first kappa shape index (κ1) is 13.0. The smallest absolute Gasteiger partial charge is 0.227 e. The Bertz CT molecular complexity index is 473. The van der Waals surface area contributed by atoms with Gasteiger partial charge >= 0.3 is 0 Å². The molecule has 1 saturated heterocycles. The second kappa shape index (κ2) is 5.48. The number of carbonyl (C=O) groups is 1. The maximum atomic E-state index is 12.3. The largest absolute Gasteiger partial charge is 0.392 e. The van der Waals surface area contributed by atoms with Crippen molar-refractivity contribution in [3.05, 3.63) is 35.4 Å². The molecule has 0 radical (unpaired) electrons. The number of nitrogens with two attached hydrogens (primary N) is 1. The van der Waals surface area contributed by atoms with Gasteiger partial charge in [0.25, 0.3) is 0 Å². The molecule has 1 atom stereocenters. The summed E-state index contributed by atoms with van der Waals surface area (Å²) in [6.45, 7) is 2.80. The molecule has 1 aromatic carbocycles. The lowest BCUT2D eigenvalue weighted by Gasteiger charge is -2.24. The van der Waals surface area contributed by atoms with Gasteiger partial charge in [0.2, 0.25) is 5.91 Å². The molecule has 0 saturated carbocycles. The normalized spacial score (nSPS) is 18.9. The van der Waals surface area contributed by atoms with E-state index in [1.165, 1.54) is 0 Å². The van der Waals surface area contributed by atoms with Crippen LogP contribution in [0.3, 0.4) is 0 Å². The molecule has 1 amide bonds. The molecule has 2 N–H and O–H groups in total. The summed E-state index contributed by atoms with van der Waals surface area (Å²) in [6.07, 6.45) is 2.32. The number of benzene rings is 1. The van der Waals surface area contributed by atoms with E-state index in [-0.39, 0.29) is 11.9 Å². The zero-order valence-electron chi connectivity index (χ0n) is 10.6. The molecule has 0 aromatic heterocycles. The number of hydrogen-bond acceptors (Lipinski definition) is 2. The molecule has 0 aliphatic carbocycles. The van der Waals surface area contributed by atoms with Crippen LogP contribution in [0, 0.1) is 6.92 Å². The van der Waals surface area contributed by atoms with E-state index in [0.29, 0.717) is 11.4 Å². The standard InChI is InChI=1S/C14H18N2OS/c1-10-5-2-3-6-11(10)9-13(17)16-8-4-7-12(16)14(15)18/h2-3,5-6,12H,4,7-9H2,1H3,(H2,15,18). The molecule has 1 fully saturated rings. The van der Waals surface area contributed by atoms with Gasteiger partial charge in [-0.15, -0.1) is 0 Å². The van der Waals surface area contributed by atoms with Gasteiger partial charge in [-0.3, -0.25) is 4.79 Å². The monoisotopic (exact) mass is 262 g/mol. The van der Waals surface area contributed by atoms with Crippen LogP contribution in [-0.4, -0.2) is 28.4 Å². The highest BCUT2D eigenvalue weighted by Gasteiger charge is 2.30. The van der Waals surface area contributed by atoms with E-state index in [9.17, 15) is 4.79 Å². The Morgan fingerprint density at radius 1 is 1.50 bits per heavy atom. The van der Waals surface area contributed by atoms with Crippen molar-refractivity contribution in [1.82, 2.24) is 4.90 Å². The number of nitrogens with zero attached hydrogens (tertiary/aromatic N) is 1. The molecule has 18 heavy (non-hydrogen) atoms. The predicted molar refractivity (Wildman–Crippen MR) is 76.4 cm³/mol. The van der Waals surface area contributed by atoms with Crippen LogP contribution in [0.1, 0.15) is 24.0 Å². The lowest BCUT2D eigenvalue weighted by Crippen LogP contribution is -2.43. The van der Waals surface area contributed by atoms with Gasteiger partial charge < -0.3 is 10.6 Å². The number of hydrogen-bond donors (Lipinski definition) is 1. The molecule has 0 bridgehead atoms. The first-order valence-corrected chi connectivity index (χ1v) is 6.63. The van der Waals surface area contributed by atoms with E-state index in [2.05, 4.69) is 0 Å². The minimum atomic E-state index is -0.0449. The molecule has 1 aliphatic rings. The topological polar surface area (TPSA) is 46.3 Å². The first-order chi connectivity index (χ1) is 8.59. The fraction of sp³-hybridized carbons (Fsp3) is 0.429. The number of thiocarbonyl (C=S) groups is 1. The van der Waals surface area contributed by atoms with E-state index in [0.717, 1.165) is 30.5 Å². The molecule has 1 unspecified atom stereocenters. The number of aryl methyl sites for hydroxylation is 1. The lowest BCUT2D eigenvalue weighted by molar-refractivity contribution is -0.130. The summed E-state index contributed by atoms with van der Waals surface area (Å²) in [5.74, 6) is 0.125. The Hall–Kier alpha value is -1.42. The van der Waals surface area contributed by atoms with Crippen molar-refractivity contribution in [2.24, 2.45) is 5.73 Å². The summed E-state index contributed by atoms with van der Waals surface area (Å²) in [6, 6.07) is 7.93. The highest BCUT2D eigenvalue weighted by Crippen LogP contribution is 2.19. The van der Waals surface area contributed by atoms with Crippen LogP contribution in [0.2, 0.25) is 0 Å². The highest BCUT2D eigenvalue weighted by molar-refractivity contribution is 7.80. The minimum Gasteiger partial charge on any atom is -0.392 e.